The van der Waals surface area contributed by atoms with E-state index in [1.54, 1.807) is 0 Å². The first-order valence-corrected chi connectivity index (χ1v) is 13.9. The maximum absolute atomic E-state index is 10.5. The van der Waals surface area contributed by atoms with Gasteiger partial charge in [-0.2, -0.15) is 0 Å². The van der Waals surface area contributed by atoms with E-state index in [1.165, 1.54) is 64.7 Å². The van der Waals surface area contributed by atoms with Crippen LogP contribution in [0.1, 0.15) is 130 Å². The van der Waals surface area contributed by atoms with Gasteiger partial charge in [0, 0.05) is 13.3 Å². The highest BCUT2D eigenvalue weighted by Crippen LogP contribution is 2.06. The Bertz CT molecular complexity index is 529. The summed E-state index contributed by atoms with van der Waals surface area (Å²) in [7, 11) is 0. The second-order valence-electron chi connectivity index (χ2n) is 8.63. The van der Waals surface area contributed by atoms with Gasteiger partial charge in [-0.25, -0.2) is 0 Å². The monoisotopic (exact) mass is 474 g/mol. The zero-order chi connectivity index (χ0) is 25.4. The van der Waals surface area contributed by atoms with Crippen LogP contribution in [0.2, 0.25) is 0 Å². The van der Waals surface area contributed by atoms with E-state index in [9.17, 15) is 9.59 Å². The number of ether oxygens (including phenoxy) is 1. The molecule has 196 valence electrons. The molecule has 0 unspecified atom stereocenters. The molecule has 0 rings (SSSR count). The summed E-state index contributed by atoms with van der Waals surface area (Å²) in [5.41, 5.74) is 0. The van der Waals surface area contributed by atoms with Crippen molar-refractivity contribution in [2.75, 3.05) is 6.61 Å². The lowest BCUT2D eigenvalue weighted by molar-refractivity contribution is -0.141. The highest BCUT2D eigenvalue weighted by molar-refractivity contribution is 5.65. The molecule has 3 nitrogen and oxygen atoms in total. The second kappa shape index (κ2) is 33.3. The van der Waals surface area contributed by atoms with Crippen LogP contribution in [0.3, 0.4) is 0 Å². The highest BCUT2D eigenvalue weighted by Gasteiger charge is 1.93. The van der Waals surface area contributed by atoms with Crippen LogP contribution in [0.4, 0.5) is 0 Å². The van der Waals surface area contributed by atoms with E-state index in [-0.39, 0.29) is 5.97 Å². The first-order chi connectivity index (χ1) is 16.7. The normalized spacial score (nSPS) is 11.5. The zero-order valence-electron chi connectivity index (χ0n) is 22.6. The lowest BCUT2D eigenvalue weighted by Crippen LogP contribution is -1.99. The zero-order valence-corrected chi connectivity index (χ0v) is 22.6. The second-order valence-corrected chi connectivity index (χ2v) is 8.63. The van der Waals surface area contributed by atoms with E-state index >= 15 is 0 Å². The van der Waals surface area contributed by atoms with Gasteiger partial charge in [0.05, 0.1) is 6.61 Å². The number of carbonyl (C=O) groups is 2. The molecule has 0 saturated carbocycles. The van der Waals surface area contributed by atoms with Gasteiger partial charge in [0.25, 0.3) is 0 Å². The molecule has 0 fully saturated rings. The Morgan fingerprint density at radius 3 is 1.68 bits per heavy atom. The molecule has 0 saturated heterocycles. The van der Waals surface area contributed by atoms with Crippen molar-refractivity contribution in [3.8, 4) is 0 Å². The first kappa shape index (κ1) is 34.3. The third-order valence-electron chi connectivity index (χ3n) is 5.19. The van der Waals surface area contributed by atoms with Gasteiger partial charge in [-0.15, -0.1) is 0 Å². The molecular weight excluding hydrogens is 420 g/mol. The van der Waals surface area contributed by atoms with E-state index in [2.05, 4.69) is 62.5 Å². The average molecular weight is 475 g/mol. The Balaban J connectivity index is 0. The van der Waals surface area contributed by atoms with Gasteiger partial charge >= 0.3 is 5.97 Å². The Morgan fingerprint density at radius 2 is 1.09 bits per heavy atom. The van der Waals surface area contributed by atoms with Crippen LogP contribution in [0, 0.1) is 0 Å². The van der Waals surface area contributed by atoms with Gasteiger partial charge in [0.15, 0.2) is 0 Å². The van der Waals surface area contributed by atoms with E-state index in [0.29, 0.717) is 6.61 Å². The molecule has 0 aliphatic carbocycles. The Labute approximate surface area is 211 Å². The molecular formula is C31H54O3. The van der Waals surface area contributed by atoms with Crippen molar-refractivity contribution in [2.24, 2.45) is 0 Å². The van der Waals surface area contributed by atoms with Crippen LogP contribution in [-0.2, 0) is 14.3 Å². The number of carbonyl (C=O) groups excluding carboxylic acids is 2. The van der Waals surface area contributed by atoms with Crippen molar-refractivity contribution in [1.29, 1.82) is 0 Å². The number of hydrogen-bond acceptors (Lipinski definition) is 3. The molecule has 0 aromatic rings. The molecule has 34 heavy (non-hydrogen) atoms. The summed E-state index contributed by atoms with van der Waals surface area (Å²) in [5.74, 6) is -0.167. The topological polar surface area (TPSA) is 43.4 Å². The molecule has 0 N–H and O–H groups in total. The highest BCUT2D eigenvalue weighted by atomic mass is 16.5. The fourth-order valence-electron chi connectivity index (χ4n) is 3.17. The lowest BCUT2D eigenvalue weighted by atomic mass is 10.1. The van der Waals surface area contributed by atoms with Crippen molar-refractivity contribution in [3.63, 3.8) is 0 Å². The summed E-state index contributed by atoms with van der Waals surface area (Å²) in [6, 6.07) is 0. The first-order valence-electron chi connectivity index (χ1n) is 13.9. The predicted molar refractivity (Wildman–Crippen MR) is 149 cm³/mol. The molecule has 0 aromatic heterocycles. The van der Waals surface area contributed by atoms with Crippen molar-refractivity contribution < 1.29 is 14.3 Å². The summed E-state index contributed by atoms with van der Waals surface area (Å²) < 4.78 is 4.87. The van der Waals surface area contributed by atoms with Crippen molar-refractivity contribution in [1.82, 2.24) is 0 Å². The van der Waals surface area contributed by atoms with Gasteiger partial charge in [0.2, 0.25) is 0 Å². The Kier molecular flexibility index (Phi) is 33.5. The van der Waals surface area contributed by atoms with Crippen LogP contribution in [0.15, 0.2) is 48.6 Å². The largest absolute Gasteiger partial charge is 0.466 e. The number of unbranched alkanes of at least 4 members (excludes halogenated alkanes) is 12. The number of esters is 1. The number of aldehydes is 1. The fourth-order valence-corrected chi connectivity index (χ4v) is 3.17. The SMILES string of the molecule is CC/C=C/C=C\CC/C=C\CCCCCC=O.CCCCC/C=C\CCCCCCOC(C)=O. The quantitative estimate of drug-likeness (QED) is 0.0515. The molecule has 3 heteroatoms. The minimum Gasteiger partial charge on any atom is -0.466 e. The van der Waals surface area contributed by atoms with Gasteiger partial charge < -0.3 is 9.53 Å². The Morgan fingerprint density at radius 1 is 0.588 bits per heavy atom. The smallest absolute Gasteiger partial charge is 0.302 e. The standard InChI is InChI=1S/C16H26O.C15H28O2/c1-2-3-4-5-6-7-8-9-10-11-12-13-14-15-16-17;1-3-4-5-6-7-8-9-10-11-12-13-14-17-15(2)16/h3-6,9-10,16H,2,7-8,11-15H2,1H3;7-8H,3-6,9-14H2,1-2H3/b4-3+,6-5-,10-9-;8-7-. The van der Waals surface area contributed by atoms with Crippen molar-refractivity contribution in [2.45, 2.75) is 130 Å². The molecule has 0 atom stereocenters. The van der Waals surface area contributed by atoms with Crippen LogP contribution < -0.4 is 0 Å². The minimum atomic E-state index is -0.167. The van der Waals surface area contributed by atoms with Gasteiger partial charge in [-0.05, 0) is 70.6 Å². The lowest BCUT2D eigenvalue weighted by Gasteiger charge is -2.01. The Hall–Kier alpha value is -1.90. The summed E-state index contributed by atoms with van der Waals surface area (Å²) >= 11 is 0. The molecule has 0 aliphatic heterocycles. The maximum Gasteiger partial charge on any atom is 0.302 e. The molecule has 0 bridgehead atoms. The number of allylic oxidation sites excluding steroid dienone is 8. The van der Waals surface area contributed by atoms with Crippen molar-refractivity contribution in [3.05, 3.63) is 48.6 Å². The van der Waals surface area contributed by atoms with Crippen LogP contribution >= 0.6 is 0 Å². The van der Waals surface area contributed by atoms with Crippen LogP contribution in [0.25, 0.3) is 0 Å². The van der Waals surface area contributed by atoms with E-state index in [1.807, 2.05) is 0 Å². The summed E-state index contributed by atoms with van der Waals surface area (Å²) in [6.07, 6.45) is 38.5. The molecule has 0 spiro atoms. The average Bonchev–Trinajstić information content (AvgIpc) is 2.83. The third-order valence-corrected chi connectivity index (χ3v) is 5.19. The minimum absolute atomic E-state index is 0.167. The van der Waals surface area contributed by atoms with Crippen molar-refractivity contribution >= 4 is 12.3 Å². The fraction of sp³-hybridized carbons (Fsp3) is 0.677. The summed E-state index contributed by atoms with van der Waals surface area (Å²) in [4.78, 5) is 20.6. The molecule has 0 amide bonds. The number of hydrogen-bond donors (Lipinski definition) is 0. The van der Waals surface area contributed by atoms with E-state index in [4.69, 9.17) is 4.74 Å². The number of rotatable bonds is 22. The summed E-state index contributed by atoms with van der Waals surface area (Å²) in [6.45, 7) is 6.42. The van der Waals surface area contributed by atoms with Gasteiger partial charge in [-0.3, -0.25) is 4.79 Å². The maximum atomic E-state index is 10.5. The third kappa shape index (κ3) is 37.4. The predicted octanol–water partition coefficient (Wildman–Crippen LogP) is 9.63. The van der Waals surface area contributed by atoms with Crippen LogP contribution in [-0.4, -0.2) is 18.9 Å². The van der Waals surface area contributed by atoms with Gasteiger partial charge in [0.1, 0.15) is 6.29 Å². The molecule has 0 aliphatic rings. The van der Waals surface area contributed by atoms with E-state index in [0.717, 1.165) is 57.7 Å². The molecule has 0 aromatic carbocycles. The van der Waals surface area contributed by atoms with E-state index < -0.39 is 0 Å². The molecule has 0 heterocycles. The van der Waals surface area contributed by atoms with Crippen LogP contribution in [0.5, 0.6) is 0 Å². The molecule has 0 radical (unpaired) electrons. The van der Waals surface area contributed by atoms with Gasteiger partial charge in [-0.1, -0.05) is 94.6 Å². The summed E-state index contributed by atoms with van der Waals surface area (Å²) in [5, 5.41) is 0.